The average Bonchev–Trinajstić information content (AvgIpc) is 3.23. The van der Waals surface area contributed by atoms with Crippen LogP contribution in [0.3, 0.4) is 0 Å². The maximum atomic E-state index is 14.4. The fourth-order valence-electron chi connectivity index (χ4n) is 3.89. The van der Waals surface area contributed by atoms with E-state index in [9.17, 15) is 9.18 Å². The van der Waals surface area contributed by atoms with Gasteiger partial charge < -0.3 is 30.3 Å². The van der Waals surface area contributed by atoms with Crippen LogP contribution in [-0.4, -0.2) is 88.1 Å². The number of hydrogen-bond donors (Lipinski definition) is 2. The predicted molar refractivity (Wildman–Crippen MR) is 125 cm³/mol. The molecule has 1 atom stereocenters. The zero-order chi connectivity index (χ0) is 24.3. The summed E-state index contributed by atoms with van der Waals surface area (Å²) in [5, 5.41) is 3.25. The first-order chi connectivity index (χ1) is 16.2. The number of nitrogens with two attached hydrogens (primary N) is 1. The Balaban J connectivity index is 1.61. The number of nitrogens with zero attached hydrogens (tertiary/aromatic N) is 6. The minimum atomic E-state index is -0.984. The van der Waals surface area contributed by atoms with Gasteiger partial charge in [-0.25, -0.2) is 24.1 Å². The van der Waals surface area contributed by atoms with Gasteiger partial charge in [0.05, 0.1) is 24.4 Å². The average molecular weight is 475 g/mol. The van der Waals surface area contributed by atoms with Crippen molar-refractivity contribution in [3.8, 4) is 11.3 Å². The van der Waals surface area contributed by atoms with Crippen molar-refractivity contribution in [2.75, 3.05) is 62.0 Å². The van der Waals surface area contributed by atoms with Crippen molar-refractivity contribution < 1.29 is 18.7 Å². The van der Waals surface area contributed by atoms with Crippen molar-refractivity contribution in [3.63, 3.8) is 0 Å². The number of carbonyl (C=O) groups is 1. The van der Waals surface area contributed by atoms with Gasteiger partial charge in [-0.1, -0.05) is 0 Å². The number of hydrogen-bond acceptors (Lipinski definition) is 10. The molecule has 2 saturated heterocycles. The predicted octanol–water partition coefficient (Wildman–Crippen LogP) is 2.11. The number of rotatable bonds is 5. The highest BCUT2D eigenvalue weighted by Crippen LogP contribution is 2.30. The van der Waals surface area contributed by atoms with Crippen LogP contribution < -0.4 is 16.0 Å². The standard InChI is InChI=1S/C22H31FN8O3/c1-21(2,3)34-20(32)31-5-4-22(13-23,14-31)29-17-10-16(15-11-25-18(24)26-12-15)27-19(28-17)30-6-8-33-9-7-30/h10-12H,4-9,13-14H2,1-3H3,(H2,24,25,26)(H,27,28,29). The van der Waals surface area contributed by atoms with E-state index in [0.29, 0.717) is 62.3 Å². The van der Waals surface area contributed by atoms with Crippen molar-refractivity contribution in [1.82, 2.24) is 24.8 Å². The van der Waals surface area contributed by atoms with Gasteiger partial charge >= 0.3 is 6.09 Å². The molecule has 0 aliphatic carbocycles. The molecular weight excluding hydrogens is 443 g/mol. The number of aromatic nitrogens is 4. The van der Waals surface area contributed by atoms with Gasteiger partial charge in [0.1, 0.15) is 18.1 Å². The smallest absolute Gasteiger partial charge is 0.410 e. The van der Waals surface area contributed by atoms with E-state index in [1.54, 1.807) is 39.2 Å². The molecule has 0 saturated carbocycles. The molecule has 1 unspecified atom stereocenters. The van der Waals surface area contributed by atoms with Crippen LogP contribution in [0.1, 0.15) is 27.2 Å². The van der Waals surface area contributed by atoms with Crippen molar-refractivity contribution in [1.29, 1.82) is 0 Å². The van der Waals surface area contributed by atoms with E-state index in [1.165, 1.54) is 4.90 Å². The first kappa shape index (κ1) is 23.9. The van der Waals surface area contributed by atoms with Gasteiger partial charge in [0.25, 0.3) is 0 Å². The van der Waals surface area contributed by atoms with E-state index in [1.807, 2.05) is 4.90 Å². The molecule has 34 heavy (non-hydrogen) atoms. The second kappa shape index (κ2) is 9.53. The number of ether oxygens (including phenoxy) is 2. The Bertz CT molecular complexity index is 1010. The van der Waals surface area contributed by atoms with Gasteiger partial charge in [-0.3, -0.25) is 0 Å². The maximum absolute atomic E-state index is 14.4. The lowest BCUT2D eigenvalue weighted by Crippen LogP contribution is -2.45. The van der Waals surface area contributed by atoms with Crippen molar-refractivity contribution in [2.45, 2.75) is 38.3 Å². The van der Waals surface area contributed by atoms with Crippen LogP contribution >= 0.6 is 0 Å². The van der Waals surface area contributed by atoms with Crippen LogP contribution in [0.15, 0.2) is 18.5 Å². The third-order valence-corrected chi connectivity index (χ3v) is 5.63. The fourth-order valence-corrected chi connectivity index (χ4v) is 3.89. The monoisotopic (exact) mass is 474 g/mol. The first-order valence-corrected chi connectivity index (χ1v) is 11.3. The number of halogens is 1. The number of nitrogens with one attached hydrogen (secondary N) is 1. The number of anilines is 3. The van der Waals surface area contributed by atoms with Gasteiger partial charge in [-0.15, -0.1) is 0 Å². The summed E-state index contributed by atoms with van der Waals surface area (Å²) in [4.78, 5) is 33.5. The van der Waals surface area contributed by atoms with Crippen molar-refractivity contribution in [3.05, 3.63) is 18.5 Å². The number of alkyl halides is 1. The Morgan fingerprint density at radius 1 is 1.24 bits per heavy atom. The molecule has 4 heterocycles. The highest BCUT2D eigenvalue weighted by Gasteiger charge is 2.42. The highest BCUT2D eigenvalue weighted by atomic mass is 19.1. The molecule has 4 rings (SSSR count). The van der Waals surface area contributed by atoms with Crippen molar-refractivity contribution in [2.24, 2.45) is 0 Å². The van der Waals surface area contributed by atoms with Gasteiger partial charge in [0.15, 0.2) is 0 Å². The summed E-state index contributed by atoms with van der Waals surface area (Å²) in [6.07, 6.45) is 3.13. The van der Waals surface area contributed by atoms with Crippen LogP contribution in [0.2, 0.25) is 0 Å². The first-order valence-electron chi connectivity index (χ1n) is 11.3. The van der Waals surface area contributed by atoms with E-state index < -0.39 is 23.9 Å². The summed E-state index contributed by atoms with van der Waals surface area (Å²) >= 11 is 0. The summed E-state index contributed by atoms with van der Waals surface area (Å²) in [6, 6.07) is 1.73. The molecule has 0 radical (unpaired) electrons. The molecule has 12 heteroatoms. The Labute approximate surface area is 197 Å². The van der Waals surface area contributed by atoms with Crippen LogP contribution in [0, 0.1) is 0 Å². The van der Waals surface area contributed by atoms with E-state index in [0.717, 1.165) is 0 Å². The quantitative estimate of drug-likeness (QED) is 0.664. The number of carbonyl (C=O) groups excluding carboxylic acids is 1. The molecule has 2 aromatic heterocycles. The summed E-state index contributed by atoms with van der Waals surface area (Å²) in [6.45, 7) is 7.70. The topological polar surface area (TPSA) is 132 Å². The van der Waals surface area contributed by atoms with Gasteiger partial charge in [-0.2, -0.15) is 4.98 Å². The Kier molecular flexibility index (Phi) is 6.69. The molecule has 1 amide bonds. The van der Waals surface area contributed by atoms with Gasteiger partial charge in [-0.05, 0) is 27.2 Å². The van der Waals surface area contributed by atoms with Crippen molar-refractivity contribution >= 4 is 23.8 Å². The van der Waals surface area contributed by atoms with E-state index in [-0.39, 0.29) is 12.5 Å². The lowest BCUT2D eigenvalue weighted by Gasteiger charge is -2.31. The van der Waals surface area contributed by atoms with E-state index >= 15 is 0 Å². The van der Waals surface area contributed by atoms with Crippen LogP contribution in [0.4, 0.5) is 26.9 Å². The fraction of sp³-hybridized carbons (Fsp3) is 0.591. The normalized spacial score (nSPS) is 20.9. The van der Waals surface area contributed by atoms with Gasteiger partial charge in [0.2, 0.25) is 11.9 Å². The summed E-state index contributed by atoms with van der Waals surface area (Å²) in [5.74, 6) is 1.11. The number of amides is 1. The third-order valence-electron chi connectivity index (χ3n) is 5.63. The number of morpholine rings is 1. The molecule has 0 bridgehead atoms. The molecule has 0 aromatic carbocycles. The molecule has 2 fully saturated rings. The third kappa shape index (κ3) is 5.61. The largest absolute Gasteiger partial charge is 0.444 e. The molecule has 184 valence electrons. The Morgan fingerprint density at radius 3 is 2.59 bits per heavy atom. The minimum absolute atomic E-state index is 0.161. The lowest BCUT2D eigenvalue weighted by molar-refractivity contribution is 0.0284. The van der Waals surface area contributed by atoms with Gasteiger partial charge in [0, 0.05) is 50.2 Å². The van der Waals surface area contributed by atoms with Crippen LogP contribution in [0.25, 0.3) is 11.3 Å². The van der Waals surface area contributed by atoms with Crippen LogP contribution in [0.5, 0.6) is 0 Å². The Hall–Kier alpha value is -3.28. The Morgan fingerprint density at radius 2 is 1.94 bits per heavy atom. The number of nitrogen functional groups attached to an aromatic ring is 1. The second-order valence-corrected chi connectivity index (χ2v) is 9.56. The molecule has 0 spiro atoms. The SMILES string of the molecule is CC(C)(C)OC(=O)N1CCC(CF)(Nc2cc(-c3cnc(N)nc3)nc(N3CCOCC3)n2)C1. The molecular formula is C22H31FN8O3. The second-order valence-electron chi connectivity index (χ2n) is 9.56. The van der Waals surface area contributed by atoms with E-state index in [2.05, 4.69) is 25.3 Å². The zero-order valence-corrected chi connectivity index (χ0v) is 19.8. The molecule has 11 nitrogen and oxygen atoms in total. The number of likely N-dealkylation sites (tertiary alicyclic amines) is 1. The molecule has 2 aliphatic rings. The maximum Gasteiger partial charge on any atom is 0.410 e. The minimum Gasteiger partial charge on any atom is -0.444 e. The lowest BCUT2D eigenvalue weighted by atomic mass is 10.0. The van der Waals surface area contributed by atoms with Crippen LogP contribution in [-0.2, 0) is 9.47 Å². The molecule has 2 aromatic rings. The molecule has 2 aliphatic heterocycles. The van der Waals surface area contributed by atoms with E-state index in [4.69, 9.17) is 15.2 Å². The summed E-state index contributed by atoms with van der Waals surface area (Å²) in [5.41, 5.74) is 5.26. The zero-order valence-electron chi connectivity index (χ0n) is 19.8. The highest BCUT2D eigenvalue weighted by molar-refractivity contribution is 5.69. The molecule has 3 N–H and O–H groups in total. The summed E-state index contributed by atoms with van der Waals surface area (Å²) < 4.78 is 25.3. The summed E-state index contributed by atoms with van der Waals surface area (Å²) in [7, 11) is 0.